The van der Waals surface area contributed by atoms with Gasteiger partial charge in [0.05, 0.1) is 0 Å². The first kappa shape index (κ1) is 23.9. The quantitative estimate of drug-likeness (QED) is 0.506. The Hall–Kier alpha value is -2.38. The molecule has 0 heterocycles. The molecule has 0 aromatic heterocycles. The molecule has 166 valence electrons. The SMILES string of the molecule is Cc1cc(O)ccc1C(c1c(C(C)C)cc(O)cc1C(C)C)(C(F)(F)F)C(F)(F)F. The zero-order valence-corrected chi connectivity index (χ0v) is 17.2. The first-order chi connectivity index (χ1) is 13.6. The van der Waals surface area contributed by atoms with Gasteiger partial charge in [0.1, 0.15) is 11.5 Å². The van der Waals surface area contributed by atoms with Crippen LogP contribution in [0, 0.1) is 6.92 Å². The van der Waals surface area contributed by atoms with Crippen LogP contribution in [0.4, 0.5) is 26.3 Å². The van der Waals surface area contributed by atoms with Crippen LogP contribution in [-0.4, -0.2) is 22.6 Å². The first-order valence-electron chi connectivity index (χ1n) is 9.36. The van der Waals surface area contributed by atoms with Crippen molar-refractivity contribution in [1.29, 1.82) is 0 Å². The maximum Gasteiger partial charge on any atom is 0.411 e. The number of aromatic hydroxyl groups is 2. The van der Waals surface area contributed by atoms with Gasteiger partial charge in [-0.15, -0.1) is 0 Å². The molecule has 0 amide bonds. The summed E-state index contributed by atoms with van der Waals surface area (Å²) in [5.41, 5.74) is -7.08. The number of phenolic OH excluding ortho intramolecular Hbond substituents is 2. The van der Waals surface area contributed by atoms with E-state index in [1.165, 1.54) is 27.7 Å². The lowest BCUT2D eigenvalue weighted by Crippen LogP contribution is -2.56. The van der Waals surface area contributed by atoms with Crippen molar-refractivity contribution < 1.29 is 36.6 Å². The van der Waals surface area contributed by atoms with E-state index in [2.05, 4.69) is 0 Å². The first-order valence-corrected chi connectivity index (χ1v) is 9.36. The van der Waals surface area contributed by atoms with Gasteiger partial charge in [0.2, 0.25) is 5.41 Å². The van der Waals surface area contributed by atoms with Gasteiger partial charge in [-0.3, -0.25) is 0 Å². The molecule has 30 heavy (non-hydrogen) atoms. The van der Waals surface area contributed by atoms with E-state index in [-0.39, 0.29) is 16.7 Å². The summed E-state index contributed by atoms with van der Waals surface area (Å²) in [7, 11) is 0. The minimum atomic E-state index is -5.75. The maximum absolute atomic E-state index is 14.7. The Morgan fingerprint density at radius 3 is 1.47 bits per heavy atom. The van der Waals surface area contributed by atoms with Gasteiger partial charge in [0.25, 0.3) is 0 Å². The topological polar surface area (TPSA) is 40.5 Å². The summed E-state index contributed by atoms with van der Waals surface area (Å²) in [4.78, 5) is 0. The van der Waals surface area contributed by atoms with Crippen molar-refractivity contribution in [3.8, 4) is 11.5 Å². The molecule has 0 spiro atoms. The minimum absolute atomic E-state index is 0.235. The number of hydrogen-bond acceptors (Lipinski definition) is 2. The molecule has 0 unspecified atom stereocenters. The molecule has 2 aromatic rings. The highest BCUT2D eigenvalue weighted by Gasteiger charge is 2.74. The van der Waals surface area contributed by atoms with Crippen molar-refractivity contribution in [3.05, 3.63) is 58.1 Å². The molecule has 0 radical (unpaired) electrons. The molecule has 0 bridgehead atoms. The standard InChI is InChI=1S/C22H24F6O2/c1-11(2)16-9-15(30)10-17(12(3)4)19(16)20(21(23,24)25,22(26,27)28)18-7-6-14(29)8-13(18)5/h6-12,29-30H,1-5H3. The van der Waals surface area contributed by atoms with E-state index in [0.717, 1.165) is 31.2 Å². The number of rotatable bonds is 4. The number of alkyl halides is 6. The number of phenols is 2. The van der Waals surface area contributed by atoms with E-state index in [0.29, 0.717) is 6.07 Å². The molecule has 2 N–H and O–H groups in total. The van der Waals surface area contributed by atoms with E-state index in [9.17, 15) is 36.6 Å². The van der Waals surface area contributed by atoms with Gasteiger partial charge in [-0.2, -0.15) is 26.3 Å². The van der Waals surface area contributed by atoms with E-state index in [1.807, 2.05) is 0 Å². The van der Waals surface area contributed by atoms with Crippen molar-refractivity contribution in [1.82, 2.24) is 0 Å². The number of aryl methyl sites for hydroxylation is 1. The molecule has 2 nitrogen and oxygen atoms in total. The second kappa shape index (κ2) is 7.71. The fourth-order valence-corrected chi connectivity index (χ4v) is 3.97. The van der Waals surface area contributed by atoms with Crippen molar-refractivity contribution in [3.63, 3.8) is 0 Å². The number of halogens is 6. The molecule has 0 aliphatic carbocycles. The minimum Gasteiger partial charge on any atom is -0.508 e. The molecule has 8 heteroatoms. The smallest absolute Gasteiger partial charge is 0.411 e. The molecule has 2 rings (SSSR count). The molecule has 2 aromatic carbocycles. The lowest BCUT2D eigenvalue weighted by Gasteiger charge is -2.42. The van der Waals surface area contributed by atoms with Crippen LogP contribution in [0.15, 0.2) is 30.3 Å². The summed E-state index contributed by atoms with van der Waals surface area (Å²) >= 11 is 0. The molecule has 0 atom stereocenters. The van der Waals surface area contributed by atoms with Gasteiger partial charge in [-0.1, -0.05) is 33.8 Å². The van der Waals surface area contributed by atoms with E-state index >= 15 is 0 Å². The molecular formula is C22H24F6O2. The Balaban J connectivity index is 3.26. The summed E-state index contributed by atoms with van der Waals surface area (Å²) < 4.78 is 88.0. The van der Waals surface area contributed by atoms with Crippen LogP contribution < -0.4 is 0 Å². The molecule has 0 aliphatic heterocycles. The van der Waals surface area contributed by atoms with Crippen LogP contribution in [-0.2, 0) is 5.41 Å². The molecule has 0 aliphatic rings. The zero-order valence-electron chi connectivity index (χ0n) is 17.2. The highest BCUT2D eigenvalue weighted by molar-refractivity contribution is 5.58. The summed E-state index contributed by atoms with van der Waals surface area (Å²) in [6.07, 6.45) is -11.5. The van der Waals surface area contributed by atoms with E-state index < -0.39 is 52.2 Å². The average Bonchev–Trinajstić information content (AvgIpc) is 2.54. The van der Waals surface area contributed by atoms with Gasteiger partial charge < -0.3 is 10.2 Å². The normalized spacial score (nSPS) is 13.4. The van der Waals surface area contributed by atoms with Gasteiger partial charge in [0.15, 0.2) is 0 Å². The Labute approximate surface area is 171 Å². The summed E-state index contributed by atoms with van der Waals surface area (Å²) in [5, 5.41) is 19.7. The van der Waals surface area contributed by atoms with Crippen LogP contribution in [0.5, 0.6) is 11.5 Å². The molecular weight excluding hydrogens is 410 g/mol. The lowest BCUT2D eigenvalue weighted by molar-refractivity contribution is -0.289. The Morgan fingerprint density at radius 2 is 1.13 bits per heavy atom. The highest BCUT2D eigenvalue weighted by Crippen LogP contribution is 2.60. The fourth-order valence-electron chi connectivity index (χ4n) is 3.97. The van der Waals surface area contributed by atoms with E-state index in [4.69, 9.17) is 0 Å². The largest absolute Gasteiger partial charge is 0.508 e. The summed E-state index contributed by atoms with van der Waals surface area (Å²) in [6.45, 7) is 7.01. The lowest BCUT2D eigenvalue weighted by atomic mass is 9.66. The summed E-state index contributed by atoms with van der Waals surface area (Å²) in [5.74, 6) is -2.29. The second-order valence-electron chi connectivity index (χ2n) is 8.05. The maximum atomic E-state index is 14.7. The van der Waals surface area contributed by atoms with Gasteiger partial charge in [-0.05, 0) is 70.8 Å². The van der Waals surface area contributed by atoms with E-state index in [1.54, 1.807) is 0 Å². The predicted molar refractivity (Wildman–Crippen MR) is 102 cm³/mol. The Bertz CT molecular complexity index is 883. The van der Waals surface area contributed by atoms with Crippen LogP contribution in [0.1, 0.15) is 67.3 Å². The zero-order chi connectivity index (χ0) is 23.2. The highest BCUT2D eigenvalue weighted by atomic mass is 19.4. The van der Waals surface area contributed by atoms with Crippen molar-refractivity contribution >= 4 is 0 Å². The third-order valence-corrected chi connectivity index (χ3v) is 5.27. The van der Waals surface area contributed by atoms with Gasteiger partial charge in [-0.25, -0.2) is 0 Å². The van der Waals surface area contributed by atoms with Crippen LogP contribution in [0.2, 0.25) is 0 Å². The summed E-state index contributed by atoms with van der Waals surface area (Å²) in [6, 6.07) is 4.31. The monoisotopic (exact) mass is 434 g/mol. The fraction of sp³-hybridized carbons (Fsp3) is 0.455. The van der Waals surface area contributed by atoms with Gasteiger partial charge >= 0.3 is 12.4 Å². The molecule has 0 saturated carbocycles. The average molecular weight is 434 g/mol. The van der Waals surface area contributed by atoms with Crippen LogP contribution in [0.25, 0.3) is 0 Å². The van der Waals surface area contributed by atoms with Crippen LogP contribution >= 0.6 is 0 Å². The molecule has 0 saturated heterocycles. The Kier molecular flexibility index (Phi) is 6.14. The predicted octanol–water partition coefficient (Wildman–Crippen LogP) is 7.06. The number of benzene rings is 2. The number of hydrogen-bond donors (Lipinski definition) is 2. The molecule has 0 fully saturated rings. The Morgan fingerprint density at radius 1 is 0.700 bits per heavy atom. The third-order valence-electron chi connectivity index (χ3n) is 5.27. The third kappa shape index (κ3) is 3.72. The second-order valence-corrected chi connectivity index (χ2v) is 8.05. The van der Waals surface area contributed by atoms with Crippen LogP contribution in [0.3, 0.4) is 0 Å². The van der Waals surface area contributed by atoms with Crippen molar-refractivity contribution in [2.75, 3.05) is 0 Å². The van der Waals surface area contributed by atoms with Crippen molar-refractivity contribution in [2.24, 2.45) is 0 Å². The van der Waals surface area contributed by atoms with Crippen molar-refractivity contribution in [2.45, 2.75) is 64.2 Å². The van der Waals surface area contributed by atoms with Gasteiger partial charge in [0, 0.05) is 0 Å².